The molecule has 0 aromatic heterocycles. The van der Waals surface area contributed by atoms with Crippen molar-refractivity contribution in [2.75, 3.05) is 19.9 Å². The van der Waals surface area contributed by atoms with Crippen LogP contribution in [0.1, 0.15) is 26.2 Å². The van der Waals surface area contributed by atoms with Crippen molar-refractivity contribution in [3.8, 4) is 0 Å². The molecule has 0 radical (unpaired) electrons. The maximum atomic E-state index is 5.73. The molecule has 0 aromatic rings. The van der Waals surface area contributed by atoms with E-state index < -0.39 is 0 Å². The van der Waals surface area contributed by atoms with Gasteiger partial charge in [-0.1, -0.05) is 13.0 Å². The Morgan fingerprint density at radius 2 is 2.25 bits per heavy atom. The van der Waals surface area contributed by atoms with Gasteiger partial charge in [0.15, 0.2) is 0 Å². The summed E-state index contributed by atoms with van der Waals surface area (Å²) in [6, 6.07) is 1.33. The van der Waals surface area contributed by atoms with Crippen LogP contribution in [0.2, 0.25) is 6.04 Å². The van der Waals surface area contributed by atoms with E-state index in [2.05, 4.69) is 6.92 Å². The highest BCUT2D eigenvalue weighted by molar-refractivity contribution is 6.34. The lowest BCUT2D eigenvalue weighted by Crippen LogP contribution is -2.32. The van der Waals surface area contributed by atoms with Gasteiger partial charge in [0.1, 0.15) is 0 Å². The SMILES string of the molecule is CC[SiH2]COCC(OC)C1CCC2OC2C1. The molecule has 2 rings (SSSR count). The maximum Gasteiger partial charge on any atom is 0.0845 e. The van der Waals surface area contributed by atoms with Gasteiger partial charge in [-0.2, -0.15) is 0 Å². The molecule has 1 aliphatic heterocycles. The first-order valence-corrected chi connectivity index (χ1v) is 8.61. The van der Waals surface area contributed by atoms with E-state index in [0.29, 0.717) is 18.1 Å². The molecule has 0 spiro atoms. The predicted octanol–water partition coefficient (Wildman–Crippen LogP) is 1.15. The van der Waals surface area contributed by atoms with Crippen LogP contribution in [0, 0.1) is 5.92 Å². The first-order valence-electron chi connectivity index (χ1n) is 6.61. The van der Waals surface area contributed by atoms with Gasteiger partial charge in [-0.3, -0.25) is 0 Å². The molecule has 1 saturated heterocycles. The Labute approximate surface area is 101 Å². The molecule has 4 unspecified atom stereocenters. The molecule has 16 heavy (non-hydrogen) atoms. The van der Waals surface area contributed by atoms with E-state index in [-0.39, 0.29) is 15.6 Å². The Balaban J connectivity index is 1.67. The third-order valence-electron chi connectivity index (χ3n) is 3.80. The Morgan fingerprint density at radius 3 is 2.94 bits per heavy atom. The predicted molar refractivity (Wildman–Crippen MR) is 66.6 cm³/mol. The van der Waals surface area contributed by atoms with Gasteiger partial charge >= 0.3 is 0 Å². The third kappa shape index (κ3) is 3.29. The minimum Gasteiger partial charge on any atom is -0.383 e. The van der Waals surface area contributed by atoms with Gasteiger partial charge in [-0.05, 0) is 25.2 Å². The Bertz CT molecular complexity index is 212. The van der Waals surface area contributed by atoms with Gasteiger partial charge < -0.3 is 14.2 Å². The zero-order valence-corrected chi connectivity index (χ0v) is 11.9. The van der Waals surface area contributed by atoms with Crippen LogP contribution in [-0.4, -0.2) is 47.8 Å². The van der Waals surface area contributed by atoms with Crippen molar-refractivity contribution in [1.29, 1.82) is 0 Å². The van der Waals surface area contributed by atoms with Crippen LogP contribution in [0.4, 0.5) is 0 Å². The summed E-state index contributed by atoms with van der Waals surface area (Å²) in [4.78, 5) is 0. The lowest BCUT2D eigenvalue weighted by atomic mass is 9.85. The number of hydrogen-bond acceptors (Lipinski definition) is 3. The first kappa shape index (κ1) is 12.6. The van der Waals surface area contributed by atoms with Gasteiger partial charge in [0, 0.05) is 13.3 Å². The zero-order valence-electron chi connectivity index (χ0n) is 10.5. The molecule has 0 bridgehead atoms. The number of methoxy groups -OCH3 is 1. The van der Waals surface area contributed by atoms with E-state index in [9.17, 15) is 0 Å². The molecule has 1 aliphatic carbocycles. The van der Waals surface area contributed by atoms with Crippen molar-refractivity contribution in [3.05, 3.63) is 0 Å². The van der Waals surface area contributed by atoms with Crippen LogP contribution in [-0.2, 0) is 14.2 Å². The van der Waals surface area contributed by atoms with Crippen molar-refractivity contribution in [1.82, 2.24) is 0 Å². The Morgan fingerprint density at radius 1 is 1.38 bits per heavy atom. The van der Waals surface area contributed by atoms with Crippen molar-refractivity contribution in [2.45, 2.75) is 50.5 Å². The Kier molecular flexibility index (Phi) is 4.82. The van der Waals surface area contributed by atoms with E-state index in [4.69, 9.17) is 14.2 Å². The summed E-state index contributed by atoms with van der Waals surface area (Å²) in [5.74, 6) is 0.650. The van der Waals surface area contributed by atoms with Crippen LogP contribution < -0.4 is 0 Å². The second kappa shape index (κ2) is 6.14. The van der Waals surface area contributed by atoms with Crippen LogP contribution in [0.25, 0.3) is 0 Å². The number of fused-ring (bicyclic) bond motifs is 1. The number of rotatable bonds is 7. The zero-order chi connectivity index (χ0) is 11.4. The van der Waals surface area contributed by atoms with Gasteiger partial charge in [-0.15, -0.1) is 0 Å². The van der Waals surface area contributed by atoms with E-state index in [1.807, 2.05) is 7.11 Å². The highest BCUT2D eigenvalue weighted by atomic mass is 28.2. The van der Waals surface area contributed by atoms with Crippen LogP contribution in [0.15, 0.2) is 0 Å². The monoisotopic (exact) mass is 244 g/mol. The number of epoxide rings is 1. The third-order valence-corrected chi connectivity index (χ3v) is 5.08. The fraction of sp³-hybridized carbons (Fsp3) is 1.00. The summed E-state index contributed by atoms with van der Waals surface area (Å²) < 4.78 is 16.9. The normalized spacial score (nSPS) is 35.2. The second-order valence-corrected chi connectivity index (χ2v) is 7.10. The Hall–Kier alpha value is 0.0969. The minimum absolute atomic E-state index is 0.0380. The van der Waals surface area contributed by atoms with E-state index in [1.165, 1.54) is 25.3 Å². The van der Waals surface area contributed by atoms with Crippen molar-refractivity contribution >= 4 is 9.52 Å². The molecule has 4 heteroatoms. The lowest BCUT2D eigenvalue weighted by Gasteiger charge is -2.27. The molecule has 0 amide bonds. The highest BCUT2D eigenvalue weighted by Crippen LogP contribution is 2.41. The average Bonchev–Trinajstić information content (AvgIpc) is 3.07. The number of ether oxygens (including phenoxy) is 3. The van der Waals surface area contributed by atoms with Gasteiger partial charge in [-0.25, -0.2) is 0 Å². The van der Waals surface area contributed by atoms with E-state index in [0.717, 1.165) is 12.8 Å². The highest BCUT2D eigenvalue weighted by Gasteiger charge is 2.45. The molecular formula is C12H24O3Si. The molecule has 3 nitrogen and oxygen atoms in total. The molecule has 0 aromatic carbocycles. The second-order valence-electron chi connectivity index (χ2n) is 4.99. The maximum absolute atomic E-state index is 5.73. The molecule has 94 valence electrons. The molecule has 2 fully saturated rings. The topological polar surface area (TPSA) is 31.0 Å². The molecule has 2 aliphatic rings. The lowest BCUT2D eigenvalue weighted by molar-refractivity contribution is -0.0207. The van der Waals surface area contributed by atoms with Crippen molar-refractivity contribution in [2.24, 2.45) is 5.92 Å². The van der Waals surface area contributed by atoms with Crippen LogP contribution >= 0.6 is 0 Å². The fourth-order valence-electron chi connectivity index (χ4n) is 2.62. The summed E-state index contributed by atoms with van der Waals surface area (Å²) in [6.45, 7) is 3.03. The molecule has 1 saturated carbocycles. The summed E-state index contributed by atoms with van der Waals surface area (Å²) in [7, 11) is 1.85. The van der Waals surface area contributed by atoms with Crippen LogP contribution in [0.5, 0.6) is 0 Å². The number of hydrogen-bond donors (Lipinski definition) is 0. The van der Waals surface area contributed by atoms with Gasteiger partial charge in [0.25, 0.3) is 0 Å². The molecular weight excluding hydrogens is 220 g/mol. The van der Waals surface area contributed by atoms with E-state index in [1.54, 1.807) is 0 Å². The van der Waals surface area contributed by atoms with Crippen molar-refractivity contribution < 1.29 is 14.2 Å². The standard InChI is InChI=1S/C12H24O3Si/c1-3-16-8-14-7-12(13-2)9-4-5-10-11(6-9)15-10/h9-12H,3-8,16H2,1-2H3. The molecule has 1 heterocycles. The summed E-state index contributed by atoms with van der Waals surface area (Å²) in [5.41, 5.74) is 0. The molecule has 4 atom stereocenters. The van der Waals surface area contributed by atoms with Crippen LogP contribution in [0.3, 0.4) is 0 Å². The minimum atomic E-state index is 0.0380. The van der Waals surface area contributed by atoms with Gasteiger partial charge in [0.2, 0.25) is 0 Å². The smallest absolute Gasteiger partial charge is 0.0845 e. The van der Waals surface area contributed by atoms with Gasteiger partial charge in [0.05, 0.1) is 34.4 Å². The fourth-order valence-corrected chi connectivity index (χ4v) is 3.27. The summed E-state index contributed by atoms with van der Waals surface area (Å²) in [6.07, 6.45) is 6.07. The summed E-state index contributed by atoms with van der Waals surface area (Å²) in [5, 5.41) is 0. The summed E-state index contributed by atoms with van der Waals surface area (Å²) >= 11 is 0. The first-order chi connectivity index (χ1) is 7.85. The largest absolute Gasteiger partial charge is 0.383 e. The average molecular weight is 244 g/mol. The molecule has 0 N–H and O–H groups in total. The quantitative estimate of drug-likeness (QED) is 0.382. The van der Waals surface area contributed by atoms with E-state index >= 15 is 0 Å². The van der Waals surface area contributed by atoms with Crippen molar-refractivity contribution in [3.63, 3.8) is 0 Å².